The van der Waals surface area contributed by atoms with Gasteiger partial charge in [0.15, 0.2) is 0 Å². The van der Waals surface area contributed by atoms with Gasteiger partial charge in [-0.25, -0.2) is 0 Å². The molecule has 0 saturated heterocycles. The van der Waals surface area contributed by atoms with Crippen molar-refractivity contribution >= 4 is 0 Å². The van der Waals surface area contributed by atoms with Gasteiger partial charge in [0.1, 0.15) is 6.10 Å². The van der Waals surface area contributed by atoms with E-state index in [-0.39, 0.29) is 18.6 Å². The molecule has 0 aromatic carbocycles. The maximum absolute atomic E-state index is 9.80. The maximum Gasteiger partial charge on any atom is 0.101 e. The Bertz CT molecular complexity index is 199. The summed E-state index contributed by atoms with van der Waals surface area (Å²) in [5.41, 5.74) is 0.843. The molecule has 0 aromatic heterocycles. The zero-order chi connectivity index (χ0) is 11.1. The van der Waals surface area contributed by atoms with Gasteiger partial charge < -0.3 is 14.9 Å². The van der Waals surface area contributed by atoms with Crippen LogP contribution in [0.5, 0.6) is 0 Å². The number of ether oxygens (including phenoxy) is 1. The van der Waals surface area contributed by atoms with Crippen molar-refractivity contribution in [2.75, 3.05) is 13.7 Å². The lowest BCUT2D eigenvalue weighted by Gasteiger charge is -2.22. The highest BCUT2D eigenvalue weighted by Crippen LogP contribution is 2.13. The van der Waals surface area contributed by atoms with E-state index in [2.05, 4.69) is 6.58 Å². The standard InChI is InChI=1S/C11H20O3/c1-5-10(14-4)11(13)9(3)6-8(2)7-12/h5-6,9-13H,1,7H2,2-4H3/t9-,10+,11+/m1/s1. The van der Waals surface area contributed by atoms with Gasteiger partial charge in [0, 0.05) is 13.0 Å². The van der Waals surface area contributed by atoms with Crippen LogP contribution in [0.1, 0.15) is 13.8 Å². The molecular weight excluding hydrogens is 180 g/mol. The van der Waals surface area contributed by atoms with Crippen LogP contribution in [0.2, 0.25) is 0 Å². The van der Waals surface area contributed by atoms with Crippen LogP contribution in [0, 0.1) is 5.92 Å². The highest BCUT2D eigenvalue weighted by Gasteiger charge is 2.20. The van der Waals surface area contributed by atoms with Crippen molar-refractivity contribution in [3.63, 3.8) is 0 Å². The van der Waals surface area contributed by atoms with Gasteiger partial charge in [-0.1, -0.05) is 24.6 Å². The number of rotatable bonds is 6. The maximum atomic E-state index is 9.80. The molecule has 0 bridgehead atoms. The first-order valence-corrected chi connectivity index (χ1v) is 4.68. The van der Waals surface area contributed by atoms with E-state index in [9.17, 15) is 5.11 Å². The molecule has 0 aliphatic rings. The minimum absolute atomic E-state index is 0.0167. The second-order valence-corrected chi connectivity index (χ2v) is 3.46. The summed E-state index contributed by atoms with van der Waals surface area (Å²) < 4.78 is 5.04. The van der Waals surface area contributed by atoms with E-state index < -0.39 is 6.10 Å². The van der Waals surface area contributed by atoms with E-state index in [0.717, 1.165) is 5.57 Å². The monoisotopic (exact) mass is 200 g/mol. The van der Waals surface area contributed by atoms with Crippen LogP contribution < -0.4 is 0 Å². The molecule has 82 valence electrons. The van der Waals surface area contributed by atoms with E-state index in [0.29, 0.717) is 0 Å². The van der Waals surface area contributed by atoms with E-state index >= 15 is 0 Å². The number of hydrogen-bond donors (Lipinski definition) is 2. The van der Waals surface area contributed by atoms with Crippen LogP contribution in [0.3, 0.4) is 0 Å². The van der Waals surface area contributed by atoms with Crippen molar-refractivity contribution in [3.8, 4) is 0 Å². The second-order valence-electron chi connectivity index (χ2n) is 3.46. The van der Waals surface area contributed by atoms with Gasteiger partial charge in [0.2, 0.25) is 0 Å². The van der Waals surface area contributed by atoms with Crippen LogP contribution >= 0.6 is 0 Å². The summed E-state index contributed by atoms with van der Waals surface area (Å²) in [5.74, 6) is -0.0647. The van der Waals surface area contributed by atoms with Gasteiger partial charge in [0.25, 0.3) is 0 Å². The topological polar surface area (TPSA) is 49.7 Å². The Morgan fingerprint density at radius 1 is 1.57 bits per heavy atom. The second kappa shape index (κ2) is 6.76. The molecule has 2 N–H and O–H groups in total. The van der Waals surface area contributed by atoms with Crippen LogP contribution in [0.25, 0.3) is 0 Å². The number of methoxy groups -OCH3 is 1. The predicted molar refractivity (Wildman–Crippen MR) is 57.0 cm³/mol. The zero-order valence-electron chi connectivity index (χ0n) is 9.10. The molecule has 0 spiro atoms. The Morgan fingerprint density at radius 2 is 2.14 bits per heavy atom. The summed E-state index contributed by atoms with van der Waals surface area (Å²) in [6.45, 7) is 7.29. The van der Waals surface area contributed by atoms with Gasteiger partial charge >= 0.3 is 0 Å². The molecule has 0 saturated carbocycles. The first kappa shape index (κ1) is 13.4. The molecule has 14 heavy (non-hydrogen) atoms. The number of aliphatic hydroxyl groups is 2. The molecule has 3 nitrogen and oxygen atoms in total. The van der Waals surface area contributed by atoms with Crippen molar-refractivity contribution in [1.29, 1.82) is 0 Å². The Kier molecular flexibility index (Phi) is 6.45. The number of hydrogen-bond acceptors (Lipinski definition) is 3. The first-order chi connectivity index (χ1) is 6.56. The molecule has 0 aliphatic heterocycles. The fourth-order valence-electron chi connectivity index (χ4n) is 1.27. The van der Waals surface area contributed by atoms with E-state index in [1.54, 1.807) is 6.08 Å². The van der Waals surface area contributed by atoms with E-state index in [1.807, 2.05) is 19.9 Å². The molecule has 3 heteroatoms. The third-order valence-corrected chi connectivity index (χ3v) is 2.18. The number of aliphatic hydroxyl groups excluding tert-OH is 2. The Hall–Kier alpha value is -0.640. The Morgan fingerprint density at radius 3 is 2.50 bits per heavy atom. The fraction of sp³-hybridized carbons (Fsp3) is 0.636. The van der Waals surface area contributed by atoms with E-state index in [1.165, 1.54) is 7.11 Å². The first-order valence-electron chi connectivity index (χ1n) is 4.68. The molecule has 0 aromatic rings. The molecule has 0 radical (unpaired) electrons. The van der Waals surface area contributed by atoms with Gasteiger partial charge in [-0.3, -0.25) is 0 Å². The predicted octanol–water partition coefficient (Wildman–Crippen LogP) is 1.12. The summed E-state index contributed by atoms with van der Waals surface area (Å²) in [7, 11) is 1.53. The van der Waals surface area contributed by atoms with Gasteiger partial charge in [-0.15, -0.1) is 6.58 Å². The Balaban J connectivity index is 4.36. The highest BCUT2D eigenvalue weighted by molar-refractivity contribution is 5.04. The molecule has 0 fully saturated rings. The molecule has 0 heterocycles. The van der Waals surface area contributed by atoms with Gasteiger partial charge in [0.05, 0.1) is 12.7 Å². The summed E-state index contributed by atoms with van der Waals surface area (Å²) in [6, 6.07) is 0. The molecule has 0 unspecified atom stereocenters. The zero-order valence-corrected chi connectivity index (χ0v) is 9.10. The van der Waals surface area contributed by atoms with E-state index in [4.69, 9.17) is 9.84 Å². The normalized spacial score (nSPS) is 18.8. The summed E-state index contributed by atoms with van der Waals surface area (Å²) >= 11 is 0. The third-order valence-electron chi connectivity index (χ3n) is 2.18. The fourth-order valence-corrected chi connectivity index (χ4v) is 1.27. The lowest BCUT2D eigenvalue weighted by atomic mass is 9.97. The summed E-state index contributed by atoms with van der Waals surface area (Å²) in [5, 5.41) is 18.6. The SMILES string of the molecule is C=C[C@H](OC)[C@@H](O)[C@H](C)C=C(C)CO. The molecule has 0 rings (SSSR count). The van der Waals surface area contributed by atoms with Crippen molar-refractivity contribution in [1.82, 2.24) is 0 Å². The van der Waals surface area contributed by atoms with Gasteiger partial charge in [-0.2, -0.15) is 0 Å². The molecule has 0 aliphatic carbocycles. The van der Waals surface area contributed by atoms with Crippen LogP contribution in [0.15, 0.2) is 24.3 Å². The van der Waals surface area contributed by atoms with Crippen LogP contribution in [-0.2, 0) is 4.74 Å². The molecular formula is C11H20O3. The van der Waals surface area contributed by atoms with Gasteiger partial charge in [-0.05, 0) is 6.92 Å². The third kappa shape index (κ3) is 4.05. The van der Waals surface area contributed by atoms with Crippen molar-refractivity contribution in [2.24, 2.45) is 5.92 Å². The largest absolute Gasteiger partial charge is 0.392 e. The smallest absolute Gasteiger partial charge is 0.101 e. The average molecular weight is 200 g/mol. The lowest BCUT2D eigenvalue weighted by molar-refractivity contribution is -0.00161. The summed E-state index contributed by atoms with van der Waals surface area (Å²) in [4.78, 5) is 0. The van der Waals surface area contributed by atoms with Crippen molar-refractivity contribution in [2.45, 2.75) is 26.1 Å². The molecule has 3 atom stereocenters. The molecule has 0 amide bonds. The highest BCUT2D eigenvalue weighted by atomic mass is 16.5. The average Bonchev–Trinajstić information content (AvgIpc) is 2.19. The van der Waals surface area contributed by atoms with Crippen molar-refractivity contribution < 1.29 is 14.9 Å². The van der Waals surface area contributed by atoms with Crippen molar-refractivity contribution in [3.05, 3.63) is 24.3 Å². The van der Waals surface area contributed by atoms with Crippen LogP contribution in [0.4, 0.5) is 0 Å². The minimum Gasteiger partial charge on any atom is -0.392 e. The Labute approximate surface area is 85.7 Å². The summed E-state index contributed by atoms with van der Waals surface area (Å²) in [6.07, 6.45) is 2.41. The minimum atomic E-state index is -0.626. The van der Waals surface area contributed by atoms with Crippen LogP contribution in [-0.4, -0.2) is 36.1 Å². The lowest BCUT2D eigenvalue weighted by Crippen LogP contribution is -2.31. The quantitative estimate of drug-likeness (QED) is 0.632.